The second kappa shape index (κ2) is 6.15. The van der Waals surface area contributed by atoms with Gasteiger partial charge in [-0.05, 0) is 43.2 Å². The molecule has 0 unspecified atom stereocenters. The standard InChI is InChI=1S/C19H19NO4/c1-12-3-4-17(24-12)16(21)11-15-14-10-19-18(22-7-2-8-23-19)9-13(14)5-6-20-15/h3-4,9-10H,2,5-8,11H2,1H3. The number of fused-ring (bicyclic) bond motifs is 2. The molecule has 5 heteroatoms. The summed E-state index contributed by atoms with van der Waals surface area (Å²) in [7, 11) is 0. The lowest BCUT2D eigenvalue weighted by atomic mass is 9.93. The molecule has 2 aromatic rings. The molecule has 0 fully saturated rings. The van der Waals surface area contributed by atoms with E-state index in [-0.39, 0.29) is 12.2 Å². The summed E-state index contributed by atoms with van der Waals surface area (Å²) in [6, 6.07) is 7.52. The topological polar surface area (TPSA) is 61.0 Å². The minimum absolute atomic E-state index is 0.0539. The molecule has 0 amide bonds. The summed E-state index contributed by atoms with van der Waals surface area (Å²) < 4.78 is 17.0. The van der Waals surface area contributed by atoms with Gasteiger partial charge in [0.05, 0.1) is 25.3 Å². The predicted octanol–water partition coefficient (Wildman–Crippen LogP) is 3.37. The predicted molar refractivity (Wildman–Crippen MR) is 89.5 cm³/mol. The van der Waals surface area contributed by atoms with Crippen molar-refractivity contribution in [1.82, 2.24) is 0 Å². The third kappa shape index (κ3) is 2.82. The summed E-state index contributed by atoms with van der Waals surface area (Å²) in [6.45, 7) is 3.83. The van der Waals surface area contributed by atoms with E-state index in [9.17, 15) is 4.79 Å². The third-order valence-electron chi connectivity index (χ3n) is 4.31. The van der Waals surface area contributed by atoms with Crippen LogP contribution in [-0.4, -0.2) is 31.3 Å². The molecule has 2 aliphatic rings. The fourth-order valence-corrected chi connectivity index (χ4v) is 3.10. The largest absolute Gasteiger partial charge is 0.490 e. The minimum atomic E-state index is -0.0539. The summed E-state index contributed by atoms with van der Waals surface area (Å²) >= 11 is 0. The van der Waals surface area contributed by atoms with Crippen molar-refractivity contribution in [2.45, 2.75) is 26.2 Å². The van der Waals surface area contributed by atoms with Gasteiger partial charge >= 0.3 is 0 Å². The van der Waals surface area contributed by atoms with Crippen LogP contribution in [-0.2, 0) is 6.42 Å². The maximum atomic E-state index is 12.4. The number of ketones is 1. The quantitative estimate of drug-likeness (QED) is 0.812. The number of hydrogen-bond acceptors (Lipinski definition) is 5. The molecule has 0 aliphatic carbocycles. The highest BCUT2D eigenvalue weighted by Gasteiger charge is 2.23. The van der Waals surface area contributed by atoms with Gasteiger partial charge < -0.3 is 13.9 Å². The van der Waals surface area contributed by atoms with E-state index < -0.39 is 0 Å². The number of hydrogen-bond donors (Lipinski definition) is 0. The van der Waals surface area contributed by atoms with Gasteiger partial charge in [0, 0.05) is 18.5 Å². The maximum absolute atomic E-state index is 12.4. The van der Waals surface area contributed by atoms with Crippen LogP contribution < -0.4 is 9.47 Å². The number of aryl methyl sites for hydroxylation is 1. The van der Waals surface area contributed by atoms with E-state index in [1.54, 1.807) is 12.1 Å². The van der Waals surface area contributed by atoms with E-state index in [4.69, 9.17) is 13.9 Å². The van der Waals surface area contributed by atoms with Crippen LogP contribution in [0.15, 0.2) is 33.7 Å². The van der Waals surface area contributed by atoms with Crippen LogP contribution in [0.3, 0.4) is 0 Å². The van der Waals surface area contributed by atoms with Crippen molar-refractivity contribution in [2.75, 3.05) is 19.8 Å². The molecular formula is C19H19NO4. The van der Waals surface area contributed by atoms with Crippen LogP contribution in [0.5, 0.6) is 11.5 Å². The van der Waals surface area contributed by atoms with Gasteiger partial charge in [-0.3, -0.25) is 9.79 Å². The van der Waals surface area contributed by atoms with Crippen molar-refractivity contribution >= 4 is 11.5 Å². The van der Waals surface area contributed by atoms with E-state index in [0.29, 0.717) is 25.5 Å². The molecule has 0 N–H and O–H groups in total. The minimum Gasteiger partial charge on any atom is -0.490 e. The summed E-state index contributed by atoms with van der Waals surface area (Å²) in [4.78, 5) is 17.0. The Labute approximate surface area is 140 Å². The summed E-state index contributed by atoms with van der Waals surface area (Å²) in [5.41, 5.74) is 2.95. The Morgan fingerprint density at radius 3 is 2.71 bits per heavy atom. The van der Waals surface area contributed by atoms with Gasteiger partial charge in [0.15, 0.2) is 17.3 Å². The van der Waals surface area contributed by atoms with Crippen LogP contribution in [0.1, 0.15) is 40.3 Å². The highest BCUT2D eigenvalue weighted by Crippen LogP contribution is 2.35. The van der Waals surface area contributed by atoms with E-state index in [2.05, 4.69) is 4.99 Å². The zero-order valence-corrected chi connectivity index (χ0v) is 13.6. The average Bonchev–Trinajstić information content (AvgIpc) is 2.88. The van der Waals surface area contributed by atoms with Gasteiger partial charge in [-0.25, -0.2) is 0 Å². The fourth-order valence-electron chi connectivity index (χ4n) is 3.10. The number of carbonyl (C=O) groups excluding carboxylic acids is 1. The molecule has 1 aromatic carbocycles. The lowest BCUT2D eigenvalue weighted by Crippen LogP contribution is -2.17. The number of furan rings is 1. The lowest BCUT2D eigenvalue weighted by Gasteiger charge is -2.19. The van der Waals surface area contributed by atoms with Crippen LogP contribution in [0.2, 0.25) is 0 Å². The van der Waals surface area contributed by atoms with Crippen LogP contribution in [0.4, 0.5) is 0 Å². The molecule has 2 aliphatic heterocycles. The number of aliphatic imine (C=N–C) groups is 1. The van der Waals surface area contributed by atoms with Gasteiger partial charge in [0.2, 0.25) is 5.78 Å². The van der Waals surface area contributed by atoms with Gasteiger partial charge in [-0.15, -0.1) is 0 Å². The van der Waals surface area contributed by atoms with Crippen LogP contribution >= 0.6 is 0 Å². The monoisotopic (exact) mass is 325 g/mol. The molecule has 1 aromatic heterocycles. The molecule has 3 heterocycles. The molecule has 0 radical (unpaired) electrons. The molecule has 0 spiro atoms. The zero-order valence-electron chi connectivity index (χ0n) is 13.6. The molecule has 4 rings (SSSR count). The van der Waals surface area contributed by atoms with E-state index in [1.807, 2.05) is 19.1 Å². The molecule has 0 bridgehead atoms. The van der Waals surface area contributed by atoms with Crippen molar-refractivity contribution in [3.05, 3.63) is 46.9 Å². The first-order chi connectivity index (χ1) is 11.7. The van der Waals surface area contributed by atoms with Crippen LogP contribution in [0, 0.1) is 6.92 Å². The van der Waals surface area contributed by atoms with Crippen LogP contribution in [0.25, 0.3) is 0 Å². The summed E-state index contributed by atoms with van der Waals surface area (Å²) in [5.74, 6) is 2.60. The first-order valence-electron chi connectivity index (χ1n) is 8.26. The second-order valence-corrected chi connectivity index (χ2v) is 6.10. The third-order valence-corrected chi connectivity index (χ3v) is 4.31. The Hall–Kier alpha value is -2.56. The van der Waals surface area contributed by atoms with Crippen molar-refractivity contribution in [3.63, 3.8) is 0 Å². The normalized spacial score (nSPS) is 16.1. The van der Waals surface area contributed by atoms with Gasteiger partial charge in [-0.2, -0.15) is 0 Å². The average molecular weight is 325 g/mol. The smallest absolute Gasteiger partial charge is 0.203 e. The van der Waals surface area contributed by atoms with Crippen molar-refractivity contribution in [3.8, 4) is 11.5 Å². The highest BCUT2D eigenvalue weighted by atomic mass is 16.5. The van der Waals surface area contributed by atoms with Crippen molar-refractivity contribution in [1.29, 1.82) is 0 Å². The Kier molecular flexibility index (Phi) is 3.84. The zero-order chi connectivity index (χ0) is 16.5. The number of Topliss-reactive ketones (excluding diaryl/α,β-unsaturated/α-hetero) is 1. The fraction of sp³-hybridized carbons (Fsp3) is 0.368. The maximum Gasteiger partial charge on any atom is 0.203 e. The lowest BCUT2D eigenvalue weighted by molar-refractivity contribution is 0.0973. The second-order valence-electron chi connectivity index (χ2n) is 6.10. The Morgan fingerprint density at radius 2 is 1.96 bits per heavy atom. The molecule has 24 heavy (non-hydrogen) atoms. The molecule has 0 atom stereocenters. The van der Waals surface area contributed by atoms with Crippen molar-refractivity contribution in [2.24, 2.45) is 4.99 Å². The molecular weight excluding hydrogens is 306 g/mol. The van der Waals surface area contributed by atoms with Crippen molar-refractivity contribution < 1.29 is 18.7 Å². The number of rotatable bonds is 3. The number of nitrogens with zero attached hydrogens (tertiary/aromatic N) is 1. The molecule has 124 valence electrons. The molecule has 5 nitrogen and oxygen atoms in total. The highest BCUT2D eigenvalue weighted by molar-refractivity contribution is 6.16. The van der Waals surface area contributed by atoms with E-state index in [0.717, 1.165) is 46.9 Å². The number of benzene rings is 1. The van der Waals surface area contributed by atoms with E-state index in [1.165, 1.54) is 0 Å². The number of carbonyl (C=O) groups is 1. The van der Waals surface area contributed by atoms with Gasteiger partial charge in [0.25, 0.3) is 0 Å². The summed E-state index contributed by atoms with van der Waals surface area (Å²) in [6.07, 6.45) is 1.96. The summed E-state index contributed by atoms with van der Waals surface area (Å²) in [5, 5.41) is 0. The van der Waals surface area contributed by atoms with Gasteiger partial charge in [0.1, 0.15) is 5.76 Å². The Balaban J connectivity index is 1.63. The molecule has 0 saturated carbocycles. The Bertz CT molecular complexity index is 819. The molecule has 0 saturated heterocycles. The van der Waals surface area contributed by atoms with Gasteiger partial charge in [-0.1, -0.05) is 0 Å². The first-order valence-corrected chi connectivity index (χ1v) is 8.26. The SMILES string of the molecule is Cc1ccc(C(=O)CC2=NCCc3cc4c(cc32)OCCCO4)o1. The van der Waals surface area contributed by atoms with E-state index >= 15 is 0 Å². The Morgan fingerprint density at radius 1 is 1.17 bits per heavy atom. The first kappa shape index (κ1) is 15.0. The number of ether oxygens (including phenoxy) is 2.